The van der Waals surface area contributed by atoms with Gasteiger partial charge in [0, 0.05) is 16.1 Å². The van der Waals surface area contributed by atoms with E-state index in [1.165, 1.54) is 32.1 Å². The second-order valence-corrected chi connectivity index (χ2v) is 6.32. The van der Waals surface area contributed by atoms with Gasteiger partial charge in [0.1, 0.15) is 5.82 Å². The van der Waals surface area contributed by atoms with E-state index in [1.54, 1.807) is 12.1 Å². The quantitative estimate of drug-likeness (QED) is 0.782. The van der Waals surface area contributed by atoms with Crippen LogP contribution >= 0.6 is 15.9 Å². The smallest absolute Gasteiger partial charge is 0.129 e. The number of halogens is 2. The lowest BCUT2D eigenvalue weighted by molar-refractivity contribution is 0.266. The fourth-order valence-electron chi connectivity index (χ4n) is 3.08. The molecule has 0 radical (unpaired) electrons. The highest BCUT2D eigenvalue weighted by Crippen LogP contribution is 2.38. The topological polar surface area (TPSA) is 12.0 Å². The van der Waals surface area contributed by atoms with Crippen molar-refractivity contribution in [2.45, 2.75) is 51.5 Å². The molecule has 1 aliphatic carbocycles. The largest absolute Gasteiger partial charge is 0.310 e. The van der Waals surface area contributed by atoms with Gasteiger partial charge in [-0.15, -0.1) is 0 Å². The molecule has 0 aromatic heterocycles. The summed E-state index contributed by atoms with van der Waals surface area (Å²) in [6, 6.07) is 5.43. The first-order valence-corrected chi connectivity index (χ1v) is 8.20. The van der Waals surface area contributed by atoms with Crippen LogP contribution in [0.15, 0.2) is 22.7 Å². The van der Waals surface area contributed by atoms with Gasteiger partial charge in [0.05, 0.1) is 0 Å². The van der Waals surface area contributed by atoms with E-state index in [9.17, 15) is 4.39 Å². The van der Waals surface area contributed by atoms with Gasteiger partial charge in [0.2, 0.25) is 0 Å². The lowest BCUT2D eigenvalue weighted by Crippen LogP contribution is -2.31. The molecule has 1 aromatic carbocycles. The Hall–Kier alpha value is -0.410. The van der Waals surface area contributed by atoms with E-state index in [-0.39, 0.29) is 11.9 Å². The average molecular weight is 328 g/mol. The minimum Gasteiger partial charge on any atom is -0.310 e. The Kier molecular flexibility index (Phi) is 5.83. The average Bonchev–Trinajstić information content (AvgIpc) is 2.43. The van der Waals surface area contributed by atoms with Gasteiger partial charge in [-0.2, -0.15) is 0 Å². The lowest BCUT2D eigenvalue weighted by Gasteiger charge is -2.32. The van der Waals surface area contributed by atoms with Crippen molar-refractivity contribution in [1.82, 2.24) is 5.32 Å². The third-order valence-electron chi connectivity index (χ3n) is 4.05. The van der Waals surface area contributed by atoms with Crippen molar-refractivity contribution in [2.75, 3.05) is 6.54 Å². The minimum atomic E-state index is -0.0893. The zero-order chi connectivity index (χ0) is 13.7. The van der Waals surface area contributed by atoms with Crippen molar-refractivity contribution >= 4 is 15.9 Å². The van der Waals surface area contributed by atoms with Gasteiger partial charge in [-0.3, -0.25) is 0 Å². The van der Waals surface area contributed by atoms with Crippen molar-refractivity contribution < 1.29 is 4.39 Å². The van der Waals surface area contributed by atoms with Crippen LogP contribution in [-0.4, -0.2) is 6.54 Å². The fraction of sp³-hybridized carbons (Fsp3) is 0.625. The summed E-state index contributed by atoms with van der Waals surface area (Å²) in [5.41, 5.74) is 0.822. The van der Waals surface area contributed by atoms with Gasteiger partial charge in [-0.05, 0) is 43.9 Å². The van der Waals surface area contributed by atoms with Crippen LogP contribution in [0.2, 0.25) is 0 Å². The van der Waals surface area contributed by atoms with Crippen LogP contribution in [0.1, 0.15) is 57.1 Å². The molecule has 1 aliphatic rings. The maximum absolute atomic E-state index is 14.2. The molecule has 1 nitrogen and oxygen atoms in total. The Balaban J connectivity index is 2.25. The SMILES string of the molecule is CCCNC(c1c(F)cccc1Br)C1CCCCC1. The van der Waals surface area contributed by atoms with E-state index < -0.39 is 0 Å². The zero-order valence-electron chi connectivity index (χ0n) is 11.6. The van der Waals surface area contributed by atoms with Crippen LogP contribution < -0.4 is 5.32 Å². The third-order valence-corrected chi connectivity index (χ3v) is 4.74. The molecule has 0 amide bonds. The van der Waals surface area contributed by atoms with Crippen molar-refractivity contribution in [3.05, 3.63) is 34.1 Å². The summed E-state index contributed by atoms with van der Waals surface area (Å²) in [5, 5.41) is 3.57. The first kappa shape index (κ1) is 15.0. The lowest BCUT2D eigenvalue weighted by atomic mass is 9.81. The minimum absolute atomic E-state index is 0.0893. The number of hydrogen-bond acceptors (Lipinski definition) is 1. The monoisotopic (exact) mass is 327 g/mol. The summed E-state index contributed by atoms with van der Waals surface area (Å²) in [7, 11) is 0. The molecule has 106 valence electrons. The molecule has 1 atom stereocenters. The van der Waals surface area contributed by atoms with Crippen LogP contribution in [0, 0.1) is 11.7 Å². The first-order valence-electron chi connectivity index (χ1n) is 7.41. The van der Waals surface area contributed by atoms with E-state index in [2.05, 4.69) is 28.2 Å². The maximum Gasteiger partial charge on any atom is 0.129 e. The molecule has 0 heterocycles. The number of rotatable bonds is 5. The number of hydrogen-bond donors (Lipinski definition) is 1. The van der Waals surface area contributed by atoms with Gasteiger partial charge < -0.3 is 5.32 Å². The van der Waals surface area contributed by atoms with E-state index in [0.717, 1.165) is 23.0 Å². The van der Waals surface area contributed by atoms with Crippen molar-refractivity contribution in [2.24, 2.45) is 5.92 Å². The molecule has 1 N–H and O–H groups in total. The summed E-state index contributed by atoms with van der Waals surface area (Å²) < 4.78 is 15.1. The molecule has 0 spiro atoms. The van der Waals surface area contributed by atoms with E-state index >= 15 is 0 Å². The Labute approximate surface area is 124 Å². The van der Waals surface area contributed by atoms with Crippen LogP contribution in [0.5, 0.6) is 0 Å². The molecule has 1 saturated carbocycles. The summed E-state index contributed by atoms with van der Waals surface area (Å²) in [6.45, 7) is 3.10. The fourth-order valence-corrected chi connectivity index (χ4v) is 3.67. The van der Waals surface area contributed by atoms with Crippen LogP contribution in [-0.2, 0) is 0 Å². The second kappa shape index (κ2) is 7.39. The Morgan fingerprint density at radius 3 is 2.68 bits per heavy atom. The van der Waals surface area contributed by atoms with E-state index in [0.29, 0.717) is 5.92 Å². The van der Waals surface area contributed by atoms with Crippen LogP contribution in [0.25, 0.3) is 0 Å². The van der Waals surface area contributed by atoms with Gasteiger partial charge in [0.15, 0.2) is 0 Å². The van der Waals surface area contributed by atoms with Crippen molar-refractivity contribution in [3.63, 3.8) is 0 Å². The highest BCUT2D eigenvalue weighted by molar-refractivity contribution is 9.10. The van der Waals surface area contributed by atoms with E-state index in [4.69, 9.17) is 0 Å². The van der Waals surface area contributed by atoms with Crippen molar-refractivity contribution in [3.8, 4) is 0 Å². The predicted molar refractivity (Wildman–Crippen MR) is 81.7 cm³/mol. The highest BCUT2D eigenvalue weighted by atomic mass is 79.9. The van der Waals surface area contributed by atoms with E-state index in [1.807, 2.05) is 6.07 Å². The van der Waals surface area contributed by atoms with Gasteiger partial charge in [-0.1, -0.05) is 48.2 Å². The summed E-state index contributed by atoms with van der Waals surface area (Å²) in [6.07, 6.45) is 7.39. The second-order valence-electron chi connectivity index (χ2n) is 5.47. The van der Waals surface area contributed by atoms with Gasteiger partial charge in [-0.25, -0.2) is 4.39 Å². The molecular weight excluding hydrogens is 305 g/mol. The zero-order valence-corrected chi connectivity index (χ0v) is 13.2. The summed E-state index contributed by atoms with van der Waals surface area (Å²) in [4.78, 5) is 0. The molecule has 0 saturated heterocycles. The van der Waals surface area contributed by atoms with Gasteiger partial charge in [0.25, 0.3) is 0 Å². The number of benzene rings is 1. The molecule has 1 aromatic rings. The normalized spacial score (nSPS) is 18.5. The summed E-state index contributed by atoms with van der Waals surface area (Å²) in [5.74, 6) is 0.474. The molecule has 3 heteroatoms. The van der Waals surface area contributed by atoms with Crippen LogP contribution in [0.3, 0.4) is 0 Å². The predicted octanol–water partition coefficient (Wildman–Crippen LogP) is 5.21. The molecule has 1 fully saturated rings. The number of nitrogens with one attached hydrogen (secondary N) is 1. The van der Waals surface area contributed by atoms with Crippen molar-refractivity contribution in [1.29, 1.82) is 0 Å². The van der Waals surface area contributed by atoms with Gasteiger partial charge >= 0.3 is 0 Å². The third kappa shape index (κ3) is 3.79. The Bertz CT molecular complexity index is 381. The summed E-state index contributed by atoms with van der Waals surface area (Å²) >= 11 is 3.53. The highest BCUT2D eigenvalue weighted by Gasteiger charge is 2.28. The maximum atomic E-state index is 14.2. The molecular formula is C16H23BrFN. The first-order chi connectivity index (χ1) is 9.24. The Morgan fingerprint density at radius 1 is 1.32 bits per heavy atom. The molecule has 19 heavy (non-hydrogen) atoms. The Morgan fingerprint density at radius 2 is 2.05 bits per heavy atom. The molecule has 1 unspecified atom stereocenters. The molecule has 0 aliphatic heterocycles. The molecule has 0 bridgehead atoms. The molecule has 2 rings (SSSR count). The standard InChI is InChI=1S/C16H23BrFN/c1-2-11-19-16(12-7-4-3-5-8-12)15-13(17)9-6-10-14(15)18/h6,9-10,12,16,19H,2-5,7-8,11H2,1H3. The van der Waals surface area contributed by atoms with Crippen LogP contribution in [0.4, 0.5) is 4.39 Å².